The fraction of sp³-hybridized carbons (Fsp3) is 0.308. The van der Waals surface area contributed by atoms with Crippen LogP contribution in [0.1, 0.15) is 17.0 Å². The molecule has 0 amide bonds. The molecular weight excluding hydrogens is 214 g/mol. The monoisotopic (exact) mass is 231 g/mol. The zero-order valence-electron chi connectivity index (χ0n) is 10.4. The Kier molecular flexibility index (Phi) is 3.04. The van der Waals surface area contributed by atoms with Crippen LogP contribution in [0.15, 0.2) is 24.5 Å². The van der Waals surface area contributed by atoms with Crippen LogP contribution < -0.4 is 5.32 Å². The van der Waals surface area contributed by atoms with E-state index in [-0.39, 0.29) is 0 Å². The molecule has 90 valence electrons. The molecule has 4 nitrogen and oxygen atoms in total. The number of benzene rings is 1. The molecule has 0 aliphatic carbocycles. The lowest BCUT2D eigenvalue weighted by Crippen LogP contribution is -2.06. The molecule has 1 aromatic heterocycles. The molecule has 0 saturated carbocycles. The molecule has 0 bridgehead atoms. The Morgan fingerprint density at radius 2 is 2.12 bits per heavy atom. The van der Waals surface area contributed by atoms with Crippen molar-refractivity contribution >= 4 is 5.69 Å². The Bertz CT molecular complexity index is 531. The highest BCUT2D eigenvalue weighted by Crippen LogP contribution is 2.28. The summed E-state index contributed by atoms with van der Waals surface area (Å²) in [6.45, 7) is 4.45. The number of phenols is 1. The van der Waals surface area contributed by atoms with Gasteiger partial charge in [0.05, 0.1) is 6.54 Å². The van der Waals surface area contributed by atoms with E-state index in [9.17, 15) is 5.11 Å². The first-order valence-electron chi connectivity index (χ1n) is 5.59. The summed E-state index contributed by atoms with van der Waals surface area (Å²) in [7, 11) is 1.96. The van der Waals surface area contributed by atoms with Gasteiger partial charge < -0.3 is 15.0 Å². The van der Waals surface area contributed by atoms with Crippen molar-refractivity contribution in [3.8, 4) is 5.75 Å². The van der Waals surface area contributed by atoms with E-state index < -0.39 is 0 Å². The van der Waals surface area contributed by atoms with E-state index in [2.05, 4.69) is 10.3 Å². The maximum atomic E-state index is 9.84. The van der Waals surface area contributed by atoms with Crippen molar-refractivity contribution in [1.82, 2.24) is 9.55 Å². The summed E-state index contributed by atoms with van der Waals surface area (Å²) in [5.74, 6) is 1.32. The summed E-state index contributed by atoms with van der Waals surface area (Å²) in [6.07, 6.45) is 3.69. The Morgan fingerprint density at radius 3 is 2.76 bits per heavy atom. The molecule has 0 saturated heterocycles. The number of hydrogen-bond acceptors (Lipinski definition) is 3. The van der Waals surface area contributed by atoms with Crippen molar-refractivity contribution in [3.63, 3.8) is 0 Å². The summed E-state index contributed by atoms with van der Waals surface area (Å²) < 4.78 is 1.97. The van der Waals surface area contributed by atoms with Crippen molar-refractivity contribution in [1.29, 1.82) is 0 Å². The number of nitrogens with zero attached hydrogens (tertiary/aromatic N) is 2. The van der Waals surface area contributed by atoms with Crippen molar-refractivity contribution in [2.45, 2.75) is 20.4 Å². The number of hydrogen-bond donors (Lipinski definition) is 2. The zero-order chi connectivity index (χ0) is 12.4. The highest BCUT2D eigenvalue weighted by Gasteiger charge is 2.06. The maximum absolute atomic E-state index is 9.84. The summed E-state index contributed by atoms with van der Waals surface area (Å²) in [5.41, 5.74) is 2.71. The first-order valence-corrected chi connectivity index (χ1v) is 5.59. The summed E-state index contributed by atoms with van der Waals surface area (Å²) in [5, 5.41) is 13.1. The van der Waals surface area contributed by atoms with Gasteiger partial charge >= 0.3 is 0 Å². The number of phenolic OH excluding ortho intramolecular Hbond substituents is 1. The standard InChI is InChI=1S/C13H17N3O/c1-9-4-5-11(10(2)13(9)17)15-8-12-14-6-7-16(12)3/h4-7,15,17H,8H2,1-3H3. The molecule has 0 fully saturated rings. The van der Waals surface area contributed by atoms with E-state index in [4.69, 9.17) is 0 Å². The topological polar surface area (TPSA) is 50.1 Å². The second kappa shape index (κ2) is 4.49. The Balaban J connectivity index is 2.15. The van der Waals surface area contributed by atoms with Gasteiger partial charge in [-0.25, -0.2) is 4.98 Å². The van der Waals surface area contributed by atoms with E-state index in [1.807, 2.05) is 43.8 Å². The highest BCUT2D eigenvalue weighted by molar-refractivity contribution is 5.58. The maximum Gasteiger partial charge on any atom is 0.127 e. The fourth-order valence-corrected chi connectivity index (χ4v) is 1.77. The number of rotatable bonds is 3. The molecule has 2 rings (SSSR count). The molecule has 2 N–H and O–H groups in total. The number of aromatic nitrogens is 2. The first kappa shape index (κ1) is 11.5. The number of aryl methyl sites for hydroxylation is 2. The van der Waals surface area contributed by atoms with Gasteiger partial charge in [0.25, 0.3) is 0 Å². The molecule has 0 unspecified atom stereocenters. The molecule has 0 atom stereocenters. The lowest BCUT2D eigenvalue weighted by atomic mass is 10.1. The Morgan fingerprint density at radius 1 is 1.35 bits per heavy atom. The van der Waals surface area contributed by atoms with E-state index in [1.54, 1.807) is 6.20 Å². The Hall–Kier alpha value is -1.97. The minimum atomic E-state index is 0.356. The predicted octanol–water partition coefficient (Wildman–Crippen LogP) is 2.35. The molecule has 1 aromatic carbocycles. The van der Waals surface area contributed by atoms with E-state index >= 15 is 0 Å². The van der Waals surface area contributed by atoms with E-state index in [1.165, 1.54) is 0 Å². The third kappa shape index (κ3) is 2.25. The van der Waals surface area contributed by atoms with Crippen LogP contribution in [-0.4, -0.2) is 14.7 Å². The van der Waals surface area contributed by atoms with Crippen LogP contribution in [0.2, 0.25) is 0 Å². The molecule has 0 aliphatic rings. The quantitative estimate of drug-likeness (QED) is 0.852. The summed E-state index contributed by atoms with van der Waals surface area (Å²) in [4.78, 5) is 4.24. The molecule has 4 heteroatoms. The van der Waals surface area contributed by atoms with Crippen LogP contribution in [-0.2, 0) is 13.6 Å². The van der Waals surface area contributed by atoms with Crippen molar-refractivity contribution in [2.24, 2.45) is 7.05 Å². The molecule has 0 radical (unpaired) electrons. The normalized spacial score (nSPS) is 10.5. The van der Waals surface area contributed by atoms with Crippen LogP contribution in [0.25, 0.3) is 0 Å². The summed E-state index contributed by atoms with van der Waals surface area (Å²) in [6, 6.07) is 3.89. The van der Waals surface area contributed by atoms with Gasteiger partial charge in [0, 0.05) is 30.7 Å². The third-order valence-electron chi connectivity index (χ3n) is 2.99. The number of nitrogens with one attached hydrogen (secondary N) is 1. The predicted molar refractivity (Wildman–Crippen MR) is 68.1 cm³/mol. The lowest BCUT2D eigenvalue weighted by molar-refractivity contribution is 0.467. The number of anilines is 1. The van der Waals surface area contributed by atoms with Crippen LogP contribution in [0.3, 0.4) is 0 Å². The van der Waals surface area contributed by atoms with Crippen molar-refractivity contribution in [3.05, 3.63) is 41.5 Å². The molecule has 1 heterocycles. The highest BCUT2D eigenvalue weighted by atomic mass is 16.3. The Labute approximate surface area is 101 Å². The summed E-state index contributed by atoms with van der Waals surface area (Å²) >= 11 is 0. The third-order valence-corrected chi connectivity index (χ3v) is 2.99. The second-order valence-electron chi connectivity index (χ2n) is 4.21. The van der Waals surface area contributed by atoms with Crippen molar-refractivity contribution in [2.75, 3.05) is 5.32 Å². The largest absolute Gasteiger partial charge is 0.507 e. The van der Waals surface area contributed by atoms with Gasteiger partial charge in [0.15, 0.2) is 0 Å². The van der Waals surface area contributed by atoms with Crippen molar-refractivity contribution < 1.29 is 5.11 Å². The SMILES string of the molecule is Cc1ccc(NCc2nccn2C)c(C)c1O. The first-order chi connectivity index (χ1) is 8.09. The minimum absolute atomic E-state index is 0.356. The van der Waals surface area contributed by atoms with Gasteiger partial charge in [-0.2, -0.15) is 0 Å². The minimum Gasteiger partial charge on any atom is -0.507 e. The lowest BCUT2D eigenvalue weighted by Gasteiger charge is -2.12. The second-order valence-corrected chi connectivity index (χ2v) is 4.21. The number of imidazole rings is 1. The van der Waals surface area contributed by atoms with Crippen LogP contribution in [0, 0.1) is 13.8 Å². The van der Waals surface area contributed by atoms with E-state index in [0.717, 1.165) is 22.6 Å². The van der Waals surface area contributed by atoms with Gasteiger partial charge in [-0.15, -0.1) is 0 Å². The number of aromatic hydroxyl groups is 1. The van der Waals surface area contributed by atoms with Gasteiger partial charge in [-0.05, 0) is 25.5 Å². The molecule has 0 aliphatic heterocycles. The average Bonchev–Trinajstić information content (AvgIpc) is 2.71. The molecular formula is C13H17N3O. The smallest absolute Gasteiger partial charge is 0.127 e. The molecule has 0 spiro atoms. The van der Waals surface area contributed by atoms with E-state index in [0.29, 0.717) is 12.3 Å². The van der Waals surface area contributed by atoms with Crippen LogP contribution >= 0.6 is 0 Å². The van der Waals surface area contributed by atoms with Gasteiger partial charge in [-0.1, -0.05) is 6.07 Å². The fourth-order valence-electron chi connectivity index (χ4n) is 1.77. The van der Waals surface area contributed by atoms with Gasteiger partial charge in [0.1, 0.15) is 11.6 Å². The molecule has 2 aromatic rings. The van der Waals surface area contributed by atoms with Gasteiger partial charge in [0.2, 0.25) is 0 Å². The molecule has 17 heavy (non-hydrogen) atoms. The van der Waals surface area contributed by atoms with Crippen LogP contribution in [0.5, 0.6) is 5.75 Å². The average molecular weight is 231 g/mol. The van der Waals surface area contributed by atoms with Crippen LogP contribution in [0.4, 0.5) is 5.69 Å². The zero-order valence-corrected chi connectivity index (χ0v) is 10.4. The van der Waals surface area contributed by atoms with Gasteiger partial charge in [-0.3, -0.25) is 0 Å².